The largest absolute Gasteiger partial charge is 0.469 e. The van der Waals surface area contributed by atoms with Gasteiger partial charge < -0.3 is 10.1 Å². The van der Waals surface area contributed by atoms with Gasteiger partial charge in [0.1, 0.15) is 0 Å². The van der Waals surface area contributed by atoms with Crippen molar-refractivity contribution in [1.82, 2.24) is 15.1 Å². The maximum atomic E-state index is 12.7. The first-order chi connectivity index (χ1) is 13.7. The van der Waals surface area contributed by atoms with E-state index in [9.17, 15) is 9.59 Å². The van der Waals surface area contributed by atoms with Gasteiger partial charge in [0.2, 0.25) is 5.91 Å². The fourth-order valence-electron chi connectivity index (χ4n) is 3.35. The maximum Gasteiger partial charge on any atom is 0.307 e. The summed E-state index contributed by atoms with van der Waals surface area (Å²) in [7, 11) is 1.35. The van der Waals surface area contributed by atoms with Gasteiger partial charge in [-0.05, 0) is 49.4 Å². The smallest absolute Gasteiger partial charge is 0.307 e. The standard InChI is InChI=1S/C22H30BrN3O3/c1-14(2)13-26-16(4)19(15(3)25-26)9-10-21(27)24-20(12-22(28)29-5)17-7-6-8-18(23)11-17/h6-8,11,14,20H,9-10,12-13H2,1-5H3,(H,24,27). The molecule has 0 aliphatic carbocycles. The molecular formula is C22H30BrN3O3. The third-order valence-corrected chi connectivity index (χ3v) is 5.35. The molecule has 0 spiro atoms. The van der Waals surface area contributed by atoms with Gasteiger partial charge in [0.15, 0.2) is 0 Å². The summed E-state index contributed by atoms with van der Waals surface area (Å²) in [5, 5.41) is 7.60. The molecule has 0 fully saturated rings. The first kappa shape index (κ1) is 23.1. The summed E-state index contributed by atoms with van der Waals surface area (Å²) < 4.78 is 7.71. The number of amides is 1. The van der Waals surface area contributed by atoms with Crippen LogP contribution in [0.1, 0.15) is 55.2 Å². The molecule has 1 N–H and O–H groups in total. The number of rotatable bonds is 9. The van der Waals surface area contributed by atoms with Crippen molar-refractivity contribution in [1.29, 1.82) is 0 Å². The lowest BCUT2D eigenvalue weighted by Crippen LogP contribution is -2.30. The normalized spacial score (nSPS) is 12.1. The summed E-state index contributed by atoms with van der Waals surface area (Å²) >= 11 is 3.44. The minimum Gasteiger partial charge on any atom is -0.469 e. The van der Waals surface area contributed by atoms with Crippen LogP contribution in [-0.4, -0.2) is 28.8 Å². The highest BCUT2D eigenvalue weighted by Gasteiger charge is 2.20. The minimum atomic E-state index is -0.432. The third kappa shape index (κ3) is 6.70. The van der Waals surface area contributed by atoms with Gasteiger partial charge in [-0.2, -0.15) is 5.10 Å². The first-order valence-electron chi connectivity index (χ1n) is 9.85. The number of aromatic nitrogens is 2. The van der Waals surface area contributed by atoms with Gasteiger partial charge in [0.25, 0.3) is 0 Å². The number of benzene rings is 1. The molecule has 1 aromatic heterocycles. The summed E-state index contributed by atoms with van der Waals surface area (Å²) in [5.41, 5.74) is 4.05. The highest BCUT2D eigenvalue weighted by Crippen LogP contribution is 2.22. The molecule has 1 unspecified atom stereocenters. The van der Waals surface area contributed by atoms with Gasteiger partial charge in [-0.1, -0.05) is 41.9 Å². The van der Waals surface area contributed by atoms with Crippen LogP contribution in [0.4, 0.5) is 0 Å². The van der Waals surface area contributed by atoms with E-state index >= 15 is 0 Å². The van der Waals surface area contributed by atoms with Gasteiger partial charge in [-0.25, -0.2) is 0 Å². The number of nitrogens with zero attached hydrogens (tertiary/aromatic N) is 2. The quantitative estimate of drug-likeness (QED) is 0.563. The van der Waals surface area contributed by atoms with Crippen molar-refractivity contribution < 1.29 is 14.3 Å². The lowest BCUT2D eigenvalue weighted by Gasteiger charge is -2.18. The summed E-state index contributed by atoms with van der Waals surface area (Å²) in [6.45, 7) is 9.22. The Labute approximate surface area is 181 Å². The van der Waals surface area contributed by atoms with Crippen LogP contribution in [0.2, 0.25) is 0 Å². The summed E-state index contributed by atoms with van der Waals surface area (Å²) in [5.74, 6) is 0.0413. The summed E-state index contributed by atoms with van der Waals surface area (Å²) in [4.78, 5) is 24.5. The zero-order chi connectivity index (χ0) is 21.6. The summed E-state index contributed by atoms with van der Waals surface area (Å²) in [6, 6.07) is 7.14. The van der Waals surface area contributed by atoms with Crippen molar-refractivity contribution in [2.75, 3.05) is 7.11 Å². The van der Waals surface area contributed by atoms with Crippen molar-refractivity contribution in [3.63, 3.8) is 0 Å². The number of ether oxygens (including phenoxy) is 1. The highest BCUT2D eigenvalue weighted by molar-refractivity contribution is 9.10. The monoisotopic (exact) mass is 463 g/mol. The molecule has 0 saturated carbocycles. The second kappa shape index (κ2) is 10.6. The molecule has 2 rings (SSSR count). The fraction of sp³-hybridized carbons (Fsp3) is 0.500. The molecule has 7 heteroatoms. The van der Waals surface area contributed by atoms with Crippen LogP contribution in [0.15, 0.2) is 28.7 Å². The van der Waals surface area contributed by atoms with E-state index in [4.69, 9.17) is 4.74 Å². The molecular weight excluding hydrogens is 434 g/mol. The van der Waals surface area contributed by atoms with E-state index in [1.54, 1.807) is 0 Å². The van der Waals surface area contributed by atoms with E-state index < -0.39 is 6.04 Å². The van der Waals surface area contributed by atoms with Crippen LogP contribution in [0.3, 0.4) is 0 Å². The fourth-order valence-corrected chi connectivity index (χ4v) is 3.77. The van der Waals surface area contributed by atoms with E-state index in [-0.39, 0.29) is 18.3 Å². The van der Waals surface area contributed by atoms with E-state index in [2.05, 4.69) is 47.1 Å². The third-order valence-electron chi connectivity index (χ3n) is 4.86. The number of esters is 1. The zero-order valence-electron chi connectivity index (χ0n) is 17.8. The molecule has 0 bridgehead atoms. The number of carbonyl (C=O) groups is 2. The number of nitrogens with one attached hydrogen (secondary N) is 1. The molecule has 0 saturated heterocycles. The lowest BCUT2D eigenvalue weighted by molar-refractivity contribution is -0.141. The predicted molar refractivity (Wildman–Crippen MR) is 117 cm³/mol. The average Bonchev–Trinajstić information content (AvgIpc) is 2.91. The maximum absolute atomic E-state index is 12.7. The Morgan fingerprint density at radius 2 is 2.00 bits per heavy atom. The van der Waals surface area contributed by atoms with E-state index in [1.807, 2.05) is 35.9 Å². The van der Waals surface area contributed by atoms with Crippen molar-refractivity contribution in [2.45, 2.75) is 59.5 Å². The molecule has 29 heavy (non-hydrogen) atoms. The van der Waals surface area contributed by atoms with E-state index in [0.29, 0.717) is 18.8 Å². The average molecular weight is 464 g/mol. The van der Waals surface area contributed by atoms with Crippen LogP contribution in [0, 0.1) is 19.8 Å². The molecule has 1 amide bonds. The van der Waals surface area contributed by atoms with Crippen molar-refractivity contribution in [3.8, 4) is 0 Å². The topological polar surface area (TPSA) is 73.2 Å². The van der Waals surface area contributed by atoms with Crippen LogP contribution in [0.5, 0.6) is 0 Å². The lowest BCUT2D eigenvalue weighted by atomic mass is 10.0. The highest BCUT2D eigenvalue weighted by atomic mass is 79.9. The Morgan fingerprint density at radius 3 is 2.62 bits per heavy atom. The van der Waals surface area contributed by atoms with E-state index in [0.717, 1.165) is 33.5 Å². The van der Waals surface area contributed by atoms with Crippen molar-refractivity contribution in [3.05, 3.63) is 51.3 Å². The molecule has 1 aromatic carbocycles. The van der Waals surface area contributed by atoms with Gasteiger partial charge in [0, 0.05) is 23.1 Å². The second-order valence-corrected chi connectivity index (χ2v) is 8.60. The van der Waals surface area contributed by atoms with Gasteiger partial charge in [-0.3, -0.25) is 14.3 Å². The Hall–Kier alpha value is -2.15. The van der Waals surface area contributed by atoms with Crippen LogP contribution < -0.4 is 5.32 Å². The Bertz CT molecular complexity index is 861. The number of aryl methyl sites for hydroxylation is 1. The van der Waals surface area contributed by atoms with Gasteiger partial charge in [-0.15, -0.1) is 0 Å². The van der Waals surface area contributed by atoms with Gasteiger partial charge in [0.05, 0.1) is 25.3 Å². The predicted octanol–water partition coefficient (Wildman–Crippen LogP) is 4.27. The number of carbonyl (C=O) groups excluding carboxylic acids is 2. The van der Waals surface area contributed by atoms with Crippen LogP contribution >= 0.6 is 15.9 Å². The first-order valence-corrected chi connectivity index (χ1v) is 10.6. The molecule has 0 aliphatic rings. The number of hydrogen-bond acceptors (Lipinski definition) is 4. The minimum absolute atomic E-state index is 0.0864. The molecule has 6 nitrogen and oxygen atoms in total. The number of methoxy groups -OCH3 is 1. The molecule has 2 aromatic rings. The second-order valence-electron chi connectivity index (χ2n) is 7.68. The van der Waals surface area contributed by atoms with Crippen LogP contribution in [0.25, 0.3) is 0 Å². The molecule has 1 atom stereocenters. The Balaban J connectivity index is 2.07. The van der Waals surface area contributed by atoms with Crippen molar-refractivity contribution >= 4 is 27.8 Å². The molecule has 0 radical (unpaired) electrons. The summed E-state index contributed by atoms with van der Waals surface area (Å²) in [6.07, 6.45) is 1.04. The molecule has 1 heterocycles. The van der Waals surface area contributed by atoms with Gasteiger partial charge >= 0.3 is 5.97 Å². The molecule has 0 aliphatic heterocycles. The number of hydrogen-bond donors (Lipinski definition) is 1. The molecule has 158 valence electrons. The van der Waals surface area contributed by atoms with Crippen molar-refractivity contribution in [2.24, 2.45) is 5.92 Å². The Morgan fingerprint density at radius 1 is 1.28 bits per heavy atom. The van der Waals surface area contributed by atoms with E-state index in [1.165, 1.54) is 7.11 Å². The van der Waals surface area contributed by atoms with Crippen LogP contribution in [-0.2, 0) is 27.3 Å². The number of halogens is 1. The SMILES string of the molecule is COC(=O)CC(NC(=O)CCc1c(C)nn(CC(C)C)c1C)c1cccc(Br)c1. The zero-order valence-corrected chi connectivity index (χ0v) is 19.4. The Kier molecular flexibility index (Phi) is 8.44.